The lowest BCUT2D eigenvalue weighted by atomic mass is 10.2. The predicted molar refractivity (Wildman–Crippen MR) is 44.1 cm³/mol. The van der Waals surface area contributed by atoms with Gasteiger partial charge in [0.2, 0.25) is 0 Å². The van der Waals surface area contributed by atoms with Crippen LogP contribution in [0.1, 0.15) is 27.7 Å². The van der Waals surface area contributed by atoms with Crippen molar-refractivity contribution < 1.29 is 4.84 Å². The van der Waals surface area contributed by atoms with Crippen LogP contribution in [0, 0.1) is 11.8 Å². The highest BCUT2D eigenvalue weighted by molar-refractivity contribution is 5.58. The summed E-state index contributed by atoms with van der Waals surface area (Å²) in [6, 6.07) is 0. The standard InChI is InChI=1S/C8H17NO/c1-7(2)5-9-10-6-8(3)4/h5,7-8H,6H2,1-4H3/b9-5+. The van der Waals surface area contributed by atoms with Gasteiger partial charge in [0.15, 0.2) is 0 Å². The number of hydrogen-bond donors (Lipinski definition) is 0. The van der Waals surface area contributed by atoms with E-state index in [0.717, 1.165) is 0 Å². The summed E-state index contributed by atoms with van der Waals surface area (Å²) in [4.78, 5) is 4.98. The SMILES string of the molecule is CC(C)/C=N/OCC(C)C. The molecule has 0 aromatic heterocycles. The molecule has 0 spiro atoms. The fourth-order valence-corrected chi connectivity index (χ4v) is 0.357. The minimum absolute atomic E-state index is 0.479. The van der Waals surface area contributed by atoms with Crippen molar-refractivity contribution in [3.05, 3.63) is 0 Å². The molecule has 10 heavy (non-hydrogen) atoms. The Balaban J connectivity index is 3.19. The molecule has 2 nitrogen and oxygen atoms in total. The zero-order valence-electron chi connectivity index (χ0n) is 7.29. The molecule has 60 valence electrons. The van der Waals surface area contributed by atoms with Crippen LogP contribution in [0.5, 0.6) is 0 Å². The van der Waals surface area contributed by atoms with Crippen LogP contribution in [0.3, 0.4) is 0 Å². The number of hydrogen-bond acceptors (Lipinski definition) is 2. The van der Waals surface area contributed by atoms with Gasteiger partial charge in [-0.25, -0.2) is 0 Å². The van der Waals surface area contributed by atoms with Crippen molar-refractivity contribution >= 4 is 6.21 Å². The maximum Gasteiger partial charge on any atom is 0.119 e. The van der Waals surface area contributed by atoms with Crippen molar-refractivity contribution in [2.75, 3.05) is 6.61 Å². The molecule has 0 aliphatic heterocycles. The molecule has 0 heterocycles. The van der Waals surface area contributed by atoms with Gasteiger partial charge in [0.05, 0.1) is 0 Å². The third kappa shape index (κ3) is 7.47. The normalized spacial score (nSPS) is 11.8. The van der Waals surface area contributed by atoms with Crippen LogP contribution in [0.15, 0.2) is 5.16 Å². The van der Waals surface area contributed by atoms with Crippen molar-refractivity contribution in [3.8, 4) is 0 Å². The van der Waals surface area contributed by atoms with Crippen LogP contribution in [0.2, 0.25) is 0 Å². The first-order valence-corrected chi connectivity index (χ1v) is 3.78. The van der Waals surface area contributed by atoms with E-state index in [1.165, 1.54) is 0 Å². The van der Waals surface area contributed by atoms with Crippen molar-refractivity contribution in [3.63, 3.8) is 0 Å². The molecule has 0 saturated heterocycles. The molecule has 0 saturated carbocycles. The van der Waals surface area contributed by atoms with Crippen molar-refractivity contribution in [1.82, 2.24) is 0 Å². The molecule has 0 atom stereocenters. The van der Waals surface area contributed by atoms with E-state index in [-0.39, 0.29) is 0 Å². The molecule has 0 bridgehead atoms. The monoisotopic (exact) mass is 143 g/mol. The highest BCUT2D eigenvalue weighted by Crippen LogP contribution is 1.93. The van der Waals surface area contributed by atoms with Crippen LogP contribution >= 0.6 is 0 Å². The first-order chi connectivity index (χ1) is 4.63. The van der Waals surface area contributed by atoms with E-state index in [1.54, 1.807) is 0 Å². The summed E-state index contributed by atoms with van der Waals surface area (Å²) in [6.45, 7) is 9.06. The Morgan fingerprint density at radius 3 is 2.30 bits per heavy atom. The largest absolute Gasteiger partial charge is 0.396 e. The average Bonchev–Trinajstić information content (AvgIpc) is 1.79. The van der Waals surface area contributed by atoms with Crippen LogP contribution in [-0.2, 0) is 4.84 Å². The first kappa shape index (κ1) is 9.47. The van der Waals surface area contributed by atoms with Gasteiger partial charge >= 0.3 is 0 Å². The van der Waals surface area contributed by atoms with Gasteiger partial charge in [-0.2, -0.15) is 0 Å². The first-order valence-electron chi connectivity index (χ1n) is 3.78. The lowest BCUT2D eigenvalue weighted by Crippen LogP contribution is -1.98. The molecule has 0 aromatic rings. The van der Waals surface area contributed by atoms with E-state index in [0.29, 0.717) is 18.4 Å². The highest BCUT2D eigenvalue weighted by atomic mass is 16.6. The molecule has 0 unspecified atom stereocenters. The maximum atomic E-state index is 4.98. The van der Waals surface area contributed by atoms with Crippen molar-refractivity contribution in [2.45, 2.75) is 27.7 Å². The number of rotatable bonds is 4. The zero-order valence-corrected chi connectivity index (χ0v) is 7.29. The minimum atomic E-state index is 0.479. The Labute approximate surface area is 63.3 Å². The van der Waals surface area contributed by atoms with E-state index in [4.69, 9.17) is 4.84 Å². The summed E-state index contributed by atoms with van der Waals surface area (Å²) in [5, 5.41) is 3.79. The van der Waals surface area contributed by atoms with Crippen LogP contribution in [0.4, 0.5) is 0 Å². The molecule has 0 aliphatic rings. The lowest BCUT2D eigenvalue weighted by Gasteiger charge is -2.01. The molecule has 0 rings (SSSR count). The Hall–Kier alpha value is -0.530. The third-order valence-corrected chi connectivity index (χ3v) is 0.841. The molecule has 0 radical (unpaired) electrons. The van der Waals surface area contributed by atoms with Crippen LogP contribution in [0.25, 0.3) is 0 Å². The fraction of sp³-hybridized carbons (Fsp3) is 0.875. The Kier molecular flexibility index (Phi) is 4.99. The maximum absolute atomic E-state index is 4.98. The second-order valence-corrected chi connectivity index (χ2v) is 3.19. The van der Waals surface area contributed by atoms with Crippen molar-refractivity contribution in [2.24, 2.45) is 17.0 Å². The second kappa shape index (κ2) is 5.27. The Morgan fingerprint density at radius 1 is 1.30 bits per heavy atom. The summed E-state index contributed by atoms with van der Waals surface area (Å²) >= 11 is 0. The fourth-order valence-electron chi connectivity index (χ4n) is 0.357. The molecule has 0 aromatic carbocycles. The summed E-state index contributed by atoms with van der Waals surface area (Å²) in [5.41, 5.74) is 0. The van der Waals surface area contributed by atoms with Gasteiger partial charge < -0.3 is 4.84 Å². The molecule has 0 fully saturated rings. The molecule has 2 heteroatoms. The third-order valence-electron chi connectivity index (χ3n) is 0.841. The van der Waals surface area contributed by atoms with Crippen LogP contribution in [-0.4, -0.2) is 12.8 Å². The van der Waals surface area contributed by atoms with Gasteiger partial charge in [-0.1, -0.05) is 32.9 Å². The Bertz CT molecular complexity index is 97.4. The number of nitrogens with zero attached hydrogens (tertiary/aromatic N) is 1. The van der Waals surface area contributed by atoms with Gasteiger partial charge in [0.25, 0.3) is 0 Å². The van der Waals surface area contributed by atoms with Gasteiger partial charge in [-0.05, 0) is 11.8 Å². The van der Waals surface area contributed by atoms with E-state index in [9.17, 15) is 0 Å². The van der Waals surface area contributed by atoms with Crippen molar-refractivity contribution in [1.29, 1.82) is 0 Å². The van der Waals surface area contributed by atoms with Gasteiger partial charge in [0.1, 0.15) is 6.61 Å². The van der Waals surface area contributed by atoms with Gasteiger partial charge in [-0.15, -0.1) is 0 Å². The predicted octanol–water partition coefficient (Wildman–Crippen LogP) is 2.30. The topological polar surface area (TPSA) is 21.6 Å². The average molecular weight is 143 g/mol. The summed E-state index contributed by atoms with van der Waals surface area (Å²) in [6.07, 6.45) is 1.81. The van der Waals surface area contributed by atoms with Crippen LogP contribution < -0.4 is 0 Å². The van der Waals surface area contributed by atoms with E-state index in [1.807, 2.05) is 6.21 Å². The Morgan fingerprint density at radius 2 is 1.90 bits per heavy atom. The van der Waals surface area contributed by atoms with Gasteiger partial charge in [-0.3, -0.25) is 0 Å². The lowest BCUT2D eigenvalue weighted by molar-refractivity contribution is 0.118. The molecule has 0 N–H and O–H groups in total. The smallest absolute Gasteiger partial charge is 0.119 e. The van der Waals surface area contributed by atoms with E-state index < -0.39 is 0 Å². The zero-order chi connectivity index (χ0) is 7.98. The minimum Gasteiger partial charge on any atom is -0.396 e. The molecule has 0 amide bonds. The second-order valence-electron chi connectivity index (χ2n) is 3.19. The molecular formula is C8H17NO. The highest BCUT2D eigenvalue weighted by Gasteiger charge is 1.90. The van der Waals surface area contributed by atoms with E-state index in [2.05, 4.69) is 32.9 Å². The van der Waals surface area contributed by atoms with Gasteiger partial charge in [0, 0.05) is 6.21 Å². The van der Waals surface area contributed by atoms with E-state index >= 15 is 0 Å². The number of oxime groups is 1. The quantitative estimate of drug-likeness (QED) is 0.437. The summed E-state index contributed by atoms with van der Waals surface area (Å²) in [5.74, 6) is 1.04. The molecule has 0 aliphatic carbocycles. The molecular weight excluding hydrogens is 126 g/mol. The summed E-state index contributed by atoms with van der Waals surface area (Å²) in [7, 11) is 0. The summed E-state index contributed by atoms with van der Waals surface area (Å²) < 4.78 is 0.